The summed E-state index contributed by atoms with van der Waals surface area (Å²) in [5, 5.41) is 12.9. The number of nitrogens with one attached hydrogen (secondary N) is 1. The number of hydrogen-bond acceptors (Lipinski definition) is 7. The summed E-state index contributed by atoms with van der Waals surface area (Å²) in [4.78, 5) is 13.5. The zero-order chi connectivity index (χ0) is 21.0. The van der Waals surface area contributed by atoms with Crippen LogP contribution in [0.15, 0.2) is 12.4 Å². The second-order valence-corrected chi connectivity index (χ2v) is 8.10. The molecule has 0 saturated carbocycles. The summed E-state index contributed by atoms with van der Waals surface area (Å²) in [5.74, 6) is 1.09. The second kappa shape index (κ2) is 8.75. The first kappa shape index (κ1) is 21.0. The SMILES string of the molecule is CCCc1c(C2CCOC(C)(C)C2)nc(N)c(C#N)c1-c1cnc(NCC)nc1. The minimum absolute atomic E-state index is 0.201. The molecule has 7 heteroatoms. The van der Waals surface area contributed by atoms with Gasteiger partial charge in [0.15, 0.2) is 0 Å². The van der Waals surface area contributed by atoms with Gasteiger partial charge in [0.05, 0.1) is 5.60 Å². The molecule has 2 aromatic heterocycles. The van der Waals surface area contributed by atoms with Crippen LogP contribution in [0.1, 0.15) is 69.7 Å². The molecule has 3 N–H and O–H groups in total. The number of hydrogen-bond donors (Lipinski definition) is 2. The Balaban J connectivity index is 2.17. The fraction of sp³-hybridized carbons (Fsp3) is 0.545. The van der Waals surface area contributed by atoms with Crippen LogP contribution in [0.3, 0.4) is 0 Å². The highest BCUT2D eigenvalue weighted by molar-refractivity contribution is 5.78. The van der Waals surface area contributed by atoms with Gasteiger partial charge in [0.1, 0.15) is 17.5 Å². The second-order valence-electron chi connectivity index (χ2n) is 8.10. The van der Waals surface area contributed by atoms with Crippen LogP contribution in [-0.4, -0.2) is 33.7 Å². The monoisotopic (exact) mass is 394 g/mol. The van der Waals surface area contributed by atoms with E-state index < -0.39 is 0 Å². The first-order valence-corrected chi connectivity index (χ1v) is 10.3. The third-order valence-electron chi connectivity index (χ3n) is 5.33. The number of nitrogen functional groups attached to an aromatic ring is 1. The van der Waals surface area contributed by atoms with Crippen molar-refractivity contribution in [2.24, 2.45) is 0 Å². The number of rotatable bonds is 6. The Labute approximate surface area is 172 Å². The molecule has 3 heterocycles. The molecular weight excluding hydrogens is 364 g/mol. The fourth-order valence-electron chi connectivity index (χ4n) is 4.10. The summed E-state index contributed by atoms with van der Waals surface area (Å²) in [6.45, 7) is 9.79. The quantitative estimate of drug-likeness (QED) is 0.760. The van der Waals surface area contributed by atoms with Gasteiger partial charge in [-0.15, -0.1) is 0 Å². The van der Waals surface area contributed by atoms with Gasteiger partial charge in [0, 0.05) is 48.3 Å². The molecule has 7 nitrogen and oxygen atoms in total. The zero-order valence-electron chi connectivity index (χ0n) is 17.7. The molecule has 0 spiro atoms. The first-order valence-electron chi connectivity index (χ1n) is 10.3. The van der Waals surface area contributed by atoms with Crippen LogP contribution in [0.5, 0.6) is 0 Å². The molecule has 0 amide bonds. The molecule has 1 atom stereocenters. The molecule has 154 valence electrons. The lowest BCUT2D eigenvalue weighted by molar-refractivity contribution is -0.0598. The van der Waals surface area contributed by atoms with Crippen molar-refractivity contribution < 1.29 is 4.74 Å². The maximum Gasteiger partial charge on any atom is 0.222 e. The van der Waals surface area contributed by atoms with Crippen LogP contribution >= 0.6 is 0 Å². The Morgan fingerprint density at radius 3 is 2.62 bits per heavy atom. The fourth-order valence-corrected chi connectivity index (χ4v) is 4.10. The molecule has 1 fully saturated rings. The van der Waals surface area contributed by atoms with Crippen molar-refractivity contribution in [3.8, 4) is 17.2 Å². The van der Waals surface area contributed by atoms with E-state index in [1.165, 1.54) is 0 Å². The zero-order valence-corrected chi connectivity index (χ0v) is 17.7. The molecule has 1 unspecified atom stereocenters. The first-order chi connectivity index (χ1) is 13.9. The van der Waals surface area contributed by atoms with Gasteiger partial charge in [0.25, 0.3) is 0 Å². The van der Waals surface area contributed by atoms with Gasteiger partial charge < -0.3 is 15.8 Å². The maximum absolute atomic E-state index is 9.83. The molecule has 3 rings (SSSR count). The Kier molecular flexibility index (Phi) is 6.33. The minimum atomic E-state index is -0.201. The number of ether oxygens (including phenoxy) is 1. The Morgan fingerprint density at radius 2 is 2.03 bits per heavy atom. The molecule has 1 saturated heterocycles. The molecule has 0 bridgehead atoms. The van der Waals surface area contributed by atoms with E-state index in [1.54, 1.807) is 12.4 Å². The van der Waals surface area contributed by atoms with Crippen molar-refractivity contribution in [1.82, 2.24) is 15.0 Å². The van der Waals surface area contributed by atoms with Crippen molar-refractivity contribution >= 4 is 11.8 Å². The summed E-state index contributed by atoms with van der Waals surface area (Å²) in [6.07, 6.45) is 7.05. The molecule has 1 aliphatic rings. The van der Waals surface area contributed by atoms with Gasteiger partial charge in [-0.1, -0.05) is 13.3 Å². The van der Waals surface area contributed by atoms with Gasteiger partial charge in [-0.2, -0.15) is 5.26 Å². The van der Waals surface area contributed by atoms with Gasteiger partial charge in [-0.25, -0.2) is 15.0 Å². The molecule has 29 heavy (non-hydrogen) atoms. The number of nitrogens with zero attached hydrogens (tertiary/aromatic N) is 4. The van der Waals surface area contributed by atoms with Crippen LogP contribution in [0.4, 0.5) is 11.8 Å². The van der Waals surface area contributed by atoms with Gasteiger partial charge >= 0.3 is 0 Å². The highest BCUT2D eigenvalue weighted by Gasteiger charge is 2.33. The van der Waals surface area contributed by atoms with E-state index in [2.05, 4.69) is 42.1 Å². The van der Waals surface area contributed by atoms with Gasteiger partial charge in [-0.3, -0.25) is 0 Å². The number of nitrogens with two attached hydrogens (primary N) is 1. The summed E-state index contributed by atoms with van der Waals surface area (Å²) in [6, 6.07) is 2.26. The maximum atomic E-state index is 9.83. The van der Waals surface area contributed by atoms with Crippen molar-refractivity contribution in [2.45, 2.75) is 64.9 Å². The molecule has 0 radical (unpaired) electrons. The van der Waals surface area contributed by atoms with Crippen molar-refractivity contribution in [3.05, 3.63) is 29.2 Å². The minimum Gasteiger partial charge on any atom is -0.383 e. The predicted octanol–water partition coefficient (Wildman–Crippen LogP) is 4.05. The summed E-state index contributed by atoms with van der Waals surface area (Å²) < 4.78 is 5.90. The lowest BCUT2D eigenvalue weighted by atomic mass is 9.81. The van der Waals surface area contributed by atoms with E-state index in [0.29, 0.717) is 18.1 Å². The van der Waals surface area contributed by atoms with E-state index in [9.17, 15) is 5.26 Å². The van der Waals surface area contributed by atoms with E-state index in [1.807, 2.05) is 6.92 Å². The summed E-state index contributed by atoms with van der Waals surface area (Å²) in [7, 11) is 0. The Bertz CT molecular complexity index is 901. The number of pyridine rings is 1. The van der Waals surface area contributed by atoms with Crippen LogP contribution < -0.4 is 11.1 Å². The molecule has 2 aromatic rings. The van der Waals surface area contributed by atoms with Crippen molar-refractivity contribution in [1.29, 1.82) is 5.26 Å². The van der Waals surface area contributed by atoms with E-state index in [4.69, 9.17) is 15.5 Å². The van der Waals surface area contributed by atoms with Crippen molar-refractivity contribution in [3.63, 3.8) is 0 Å². The highest BCUT2D eigenvalue weighted by Crippen LogP contribution is 2.41. The van der Waals surface area contributed by atoms with Crippen molar-refractivity contribution in [2.75, 3.05) is 24.2 Å². The molecule has 1 aliphatic heterocycles. The predicted molar refractivity (Wildman–Crippen MR) is 115 cm³/mol. The number of aromatic nitrogens is 3. The van der Waals surface area contributed by atoms with Crippen LogP contribution in [-0.2, 0) is 11.2 Å². The number of anilines is 2. The third kappa shape index (κ3) is 4.48. The lowest BCUT2D eigenvalue weighted by Gasteiger charge is -2.36. The van der Waals surface area contributed by atoms with Crippen LogP contribution in [0, 0.1) is 11.3 Å². The van der Waals surface area contributed by atoms with E-state index in [-0.39, 0.29) is 17.3 Å². The van der Waals surface area contributed by atoms with E-state index in [0.717, 1.165) is 54.6 Å². The van der Waals surface area contributed by atoms with Crippen LogP contribution in [0.25, 0.3) is 11.1 Å². The highest BCUT2D eigenvalue weighted by atomic mass is 16.5. The Morgan fingerprint density at radius 1 is 1.31 bits per heavy atom. The molecule has 0 aliphatic carbocycles. The van der Waals surface area contributed by atoms with Gasteiger partial charge in [-0.05, 0) is 45.6 Å². The smallest absolute Gasteiger partial charge is 0.222 e. The third-order valence-corrected chi connectivity index (χ3v) is 5.33. The topological polar surface area (TPSA) is 110 Å². The lowest BCUT2D eigenvalue weighted by Crippen LogP contribution is -2.33. The molecular formula is C22H30N6O. The van der Waals surface area contributed by atoms with Gasteiger partial charge in [0.2, 0.25) is 5.95 Å². The normalized spacial score (nSPS) is 18.2. The average molecular weight is 395 g/mol. The van der Waals surface area contributed by atoms with E-state index >= 15 is 0 Å². The standard InChI is InChI=1S/C22H30N6O/c1-5-7-16-18(15-12-26-21(25-6-2)27-13-15)17(11-23)20(24)28-19(16)14-8-9-29-22(3,4)10-14/h12-14H,5-10H2,1-4H3,(H2,24,28)(H,25,26,27). The molecule has 0 aromatic carbocycles. The number of nitriles is 1. The summed E-state index contributed by atoms with van der Waals surface area (Å²) >= 11 is 0. The summed E-state index contributed by atoms with van der Waals surface area (Å²) in [5.41, 5.74) is 10.2. The Hall–Kier alpha value is -2.72. The van der Waals surface area contributed by atoms with Crippen LogP contribution in [0.2, 0.25) is 0 Å². The average Bonchev–Trinajstić information content (AvgIpc) is 2.69. The largest absolute Gasteiger partial charge is 0.383 e.